The molecule has 1 aromatic rings. The highest BCUT2D eigenvalue weighted by Gasteiger charge is 2.44. The lowest BCUT2D eigenvalue weighted by atomic mass is 10.0. The fourth-order valence-electron chi connectivity index (χ4n) is 1.79. The number of aromatic amines is 2. The Morgan fingerprint density at radius 2 is 2.00 bits per heavy atom. The van der Waals surface area contributed by atoms with Crippen molar-refractivity contribution in [3.8, 4) is 0 Å². The summed E-state index contributed by atoms with van der Waals surface area (Å²) in [4.78, 5) is 26.5. The van der Waals surface area contributed by atoms with Crippen LogP contribution in [0.25, 0.3) is 0 Å². The first-order valence-electron chi connectivity index (χ1n) is 4.99. The van der Waals surface area contributed by atoms with Crippen molar-refractivity contribution in [1.82, 2.24) is 9.97 Å². The molecule has 1 aliphatic heterocycles. The topological polar surface area (TPSA) is 136 Å². The van der Waals surface area contributed by atoms with E-state index in [1.54, 1.807) is 0 Å². The number of rotatable bonds is 2. The first kappa shape index (κ1) is 12.0. The van der Waals surface area contributed by atoms with Crippen LogP contribution in [0.5, 0.6) is 0 Å². The van der Waals surface area contributed by atoms with Crippen LogP contribution < -0.4 is 11.2 Å². The number of aliphatic hydroxyl groups excluding tert-OH is 3. The summed E-state index contributed by atoms with van der Waals surface area (Å²) in [5, 5.41) is 28.1. The van der Waals surface area contributed by atoms with Crippen LogP contribution in [0.2, 0.25) is 0 Å². The molecule has 0 aliphatic carbocycles. The molecular weight excluding hydrogens is 232 g/mol. The SMILES string of the molecule is O=c1[nH]cc([C@@H]2O[C@@H](CO)[C@@H](O)[C@@H]2O)c(=O)[nH]1. The van der Waals surface area contributed by atoms with Gasteiger partial charge in [-0.2, -0.15) is 0 Å². The van der Waals surface area contributed by atoms with E-state index in [-0.39, 0.29) is 5.56 Å². The van der Waals surface area contributed by atoms with Crippen LogP contribution in [-0.4, -0.2) is 50.2 Å². The summed E-state index contributed by atoms with van der Waals surface area (Å²) in [7, 11) is 0. The normalized spacial score (nSPS) is 32.9. The van der Waals surface area contributed by atoms with E-state index in [1.165, 1.54) is 0 Å². The van der Waals surface area contributed by atoms with Crippen LogP contribution in [0, 0.1) is 0 Å². The van der Waals surface area contributed by atoms with Crippen LogP contribution in [0.4, 0.5) is 0 Å². The zero-order valence-corrected chi connectivity index (χ0v) is 8.66. The van der Waals surface area contributed by atoms with Crippen molar-refractivity contribution >= 4 is 0 Å². The first-order valence-corrected chi connectivity index (χ1v) is 4.99. The van der Waals surface area contributed by atoms with E-state index >= 15 is 0 Å². The molecule has 8 nitrogen and oxygen atoms in total. The largest absolute Gasteiger partial charge is 0.394 e. The van der Waals surface area contributed by atoms with E-state index in [0.717, 1.165) is 6.20 Å². The molecule has 1 saturated heterocycles. The lowest BCUT2D eigenvalue weighted by Gasteiger charge is -2.13. The fourth-order valence-corrected chi connectivity index (χ4v) is 1.79. The number of aliphatic hydroxyl groups is 3. The van der Waals surface area contributed by atoms with Crippen molar-refractivity contribution in [2.24, 2.45) is 0 Å². The summed E-state index contributed by atoms with van der Waals surface area (Å²) >= 11 is 0. The van der Waals surface area contributed by atoms with Gasteiger partial charge in [-0.1, -0.05) is 0 Å². The van der Waals surface area contributed by atoms with Crippen LogP contribution in [-0.2, 0) is 4.74 Å². The van der Waals surface area contributed by atoms with Crippen molar-refractivity contribution < 1.29 is 20.1 Å². The zero-order chi connectivity index (χ0) is 12.6. The summed E-state index contributed by atoms with van der Waals surface area (Å²) < 4.78 is 5.15. The monoisotopic (exact) mass is 244 g/mol. The summed E-state index contributed by atoms with van der Waals surface area (Å²) in [6.07, 6.45) is -3.54. The molecule has 2 rings (SSSR count). The molecule has 0 unspecified atom stereocenters. The molecule has 0 saturated carbocycles. The van der Waals surface area contributed by atoms with Gasteiger partial charge in [-0.05, 0) is 0 Å². The number of hydrogen-bond donors (Lipinski definition) is 5. The third-order valence-electron chi connectivity index (χ3n) is 2.70. The predicted molar refractivity (Wildman–Crippen MR) is 54.4 cm³/mol. The molecule has 0 aromatic carbocycles. The second-order valence-corrected chi connectivity index (χ2v) is 3.79. The standard InChI is InChI=1S/C9H12N2O6/c12-2-4-5(13)6(14)7(17-4)3-1-10-9(16)11-8(3)15/h1,4-7,12-14H,2H2,(H2,10,11,15,16)/t4-,5+,6-,7-/m0/s1. The van der Waals surface area contributed by atoms with Gasteiger partial charge in [0, 0.05) is 6.20 Å². The Balaban J connectivity index is 2.35. The molecule has 4 atom stereocenters. The summed E-state index contributed by atoms with van der Waals surface area (Å²) in [6.45, 7) is -0.476. The Hall–Kier alpha value is -1.48. The Morgan fingerprint density at radius 1 is 1.29 bits per heavy atom. The highest BCUT2D eigenvalue weighted by molar-refractivity contribution is 5.13. The van der Waals surface area contributed by atoms with Gasteiger partial charge in [-0.25, -0.2) is 4.79 Å². The van der Waals surface area contributed by atoms with Gasteiger partial charge < -0.3 is 25.0 Å². The minimum absolute atomic E-state index is 0.00731. The maximum Gasteiger partial charge on any atom is 0.325 e. The van der Waals surface area contributed by atoms with Gasteiger partial charge >= 0.3 is 5.69 Å². The van der Waals surface area contributed by atoms with E-state index < -0.39 is 42.3 Å². The van der Waals surface area contributed by atoms with E-state index in [9.17, 15) is 19.8 Å². The van der Waals surface area contributed by atoms with Gasteiger partial charge in [0.2, 0.25) is 0 Å². The minimum atomic E-state index is -1.33. The van der Waals surface area contributed by atoms with Gasteiger partial charge in [0.05, 0.1) is 12.2 Å². The molecule has 0 radical (unpaired) electrons. The van der Waals surface area contributed by atoms with Gasteiger partial charge in [0.1, 0.15) is 24.4 Å². The third kappa shape index (κ3) is 2.03. The van der Waals surface area contributed by atoms with Crippen molar-refractivity contribution in [3.63, 3.8) is 0 Å². The second kappa shape index (κ2) is 4.41. The van der Waals surface area contributed by atoms with Gasteiger partial charge in [0.15, 0.2) is 0 Å². The van der Waals surface area contributed by atoms with Crippen molar-refractivity contribution in [2.45, 2.75) is 24.4 Å². The van der Waals surface area contributed by atoms with E-state index in [4.69, 9.17) is 9.84 Å². The maximum absolute atomic E-state index is 11.5. The number of ether oxygens (including phenoxy) is 1. The number of hydrogen-bond acceptors (Lipinski definition) is 6. The molecule has 1 aromatic heterocycles. The summed E-state index contributed by atoms with van der Waals surface area (Å²) in [5.74, 6) is 0. The maximum atomic E-state index is 11.5. The average molecular weight is 244 g/mol. The Morgan fingerprint density at radius 3 is 2.53 bits per heavy atom. The van der Waals surface area contributed by atoms with Crippen molar-refractivity contribution in [3.05, 3.63) is 32.6 Å². The number of H-pyrrole nitrogens is 2. The molecule has 0 amide bonds. The molecule has 1 aliphatic rings. The smallest absolute Gasteiger partial charge is 0.325 e. The Bertz CT molecular complexity index is 509. The summed E-state index contributed by atoms with van der Waals surface area (Å²) in [5.41, 5.74) is -1.39. The number of nitrogens with one attached hydrogen (secondary N) is 2. The Kier molecular flexibility index (Phi) is 3.11. The lowest BCUT2D eigenvalue weighted by Crippen LogP contribution is -2.34. The number of aromatic nitrogens is 2. The molecular formula is C9H12N2O6. The molecule has 17 heavy (non-hydrogen) atoms. The average Bonchev–Trinajstić information content (AvgIpc) is 2.57. The van der Waals surface area contributed by atoms with E-state index in [0.29, 0.717) is 0 Å². The van der Waals surface area contributed by atoms with E-state index in [1.807, 2.05) is 4.98 Å². The highest BCUT2D eigenvalue weighted by Crippen LogP contribution is 2.31. The Labute approximate surface area is 94.5 Å². The lowest BCUT2D eigenvalue weighted by molar-refractivity contribution is -0.0232. The molecule has 0 spiro atoms. The molecule has 5 N–H and O–H groups in total. The van der Waals surface area contributed by atoms with Crippen LogP contribution >= 0.6 is 0 Å². The molecule has 2 heterocycles. The van der Waals surface area contributed by atoms with Gasteiger partial charge in [-0.3, -0.25) is 9.78 Å². The molecule has 8 heteroatoms. The highest BCUT2D eigenvalue weighted by atomic mass is 16.6. The van der Waals surface area contributed by atoms with Gasteiger partial charge in [0.25, 0.3) is 5.56 Å². The quantitative estimate of drug-likeness (QED) is 0.382. The molecule has 1 fully saturated rings. The molecule has 94 valence electrons. The zero-order valence-electron chi connectivity index (χ0n) is 8.66. The van der Waals surface area contributed by atoms with Crippen molar-refractivity contribution in [2.75, 3.05) is 6.61 Å². The second-order valence-electron chi connectivity index (χ2n) is 3.79. The first-order chi connectivity index (χ1) is 8.04. The molecule has 0 bridgehead atoms. The fraction of sp³-hybridized carbons (Fsp3) is 0.556. The minimum Gasteiger partial charge on any atom is -0.394 e. The summed E-state index contributed by atoms with van der Waals surface area (Å²) in [6, 6.07) is 0. The van der Waals surface area contributed by atoms with Crippen LogP contribution in [0.15, 0.2) is 15.8 Å². The third-order valence-corrected chi connectivity index (χ3v) is 2.70. The van der Waals surface area contributed by atoms with Crippen LogP contribution in [0.1, 0.15) is 11.7 Å². The van der Waals surface area contributed by atoms with Gasteiger partial charge in [-0.15, -0.1) is 0 Å². The predicted octanol–water partition coefficient (Wildman–Crippen LogP) is -2.78. The van der Waals surface area contributed by atoms with E-state index in [2.05, 4.69) is 4.98 Å². The van der Waals surface area contributed by atoms with Crippen molar-refractivity contribution in [1.29, 1.82) is 0 Å². The van der Waals surface area contributed by atoms with Crippen LogP contribution in [0.3, 0.4) is 0 Å².